The highest BCUT2D eigenvalue weighted by Crippen LogP contribution is 2.26. The van der Waals surface area contributed by atoms with Gasteiger partial charge in [-0.05, 0) is 36.4 Å². The fourth-order valence-corrected chi connectivity index (χ4v) is 2.70. The lowest BCUT2D eigenvalue weighted by atomic mass is 10.1. The Labute approximate surface area is 104 Å². The third kappa shape index (κ3) is 2.48. The first kappa shape index (κ1) is 12.1. The van der Waals surface area contributed by atoms with Gasteiger partial charge in [-0.3, -0.25) is 9.69 Å². The normalized spacial score (nSPS) is 13.1. The van der Waals surface area contributed by atoms with E-state index in [1.54, 1.807) is 18.3 Å². The molecule has 17 heavy (non-hydrogen) atoms. The zero-order valence-electron chi connectivity index (χ0n) is 9.88. The van der Waals surface area contributed by atoms with Gasteiger partial charge in [0.2, 0.25) is 0 Å². The van der Waals surface area contributed by atoms with E-state index >= 15 is 0 Å². The van der Waals surface area contributed by atoms with Crippen LogP contribution in [-0.2, 0) is 11.3 Å². The van der Waals surface area contributed by atoms with E-state index in [2.05, 4.69) is 17.5 Å². The number of carbonyl (C=O) groups is 1. The molecule has 0 aliphatic carbocycles. The van der Waals surface area contributed by atoms with Gasteiger partial charge in [0.25, 0.3) is 0 Å². The van der Waals surface area contributed by atoms with Gasteiger partial charge >= 0.3 is 5.97 Å². The summed E-state index contributed by atoms with van der Waals surface area (Å²) in [4.78, 5) is 12.7. The standard InChI is InChI=1S/C13H15NO2S/c1-9(13(15)16)14(2)7-10-8-17-12-6-4-3-5-11(10)12/h3-6,8-9H,7H2,1-2H3,(H,15,16)/t9-/m0/s1. The second kappa shape index (κ2) is 4.85. The Hall–Kier alpha value is -1.39. The number of carboxylic acid groups (broad SMARTS) is 1. The number of hydrogen-bond donors (Lipinski definition) is 1. The van der Waals surface area contributed by atoms with Crippen LogP contribution in [0, 0.1) is 0 Å². The average Bonchev–Trinajstić information content (AvgIpc) is 2.71. The van der Waals surface area contributed by atoms with Crippen molar-refractivity contribution in [1.29, 1.82) is 0 Å². The lowest BCUT2D eigenvalue weighted by Crippen LogP contribution is -2.35. The number of hydrogen-bond acceptors (Lipinski definition) is 3. The maximum atomic E-state index is 10.9. The second-order valence-corrected chi connectivity index (χ2v) is 5.10. The third-order valence-electron chi connectivity index (χ3n) is 3.00. The zero-order valence-corrected chi connectivity index (χ0v) is 10.7. The molecule has 0 aliphatic rings. The molecule has 1 N–H and O–H groups in total. The molecular weight excluding hydrogens is 234 g/mol. The van der Waals surface area contributed by atoms with Gasteiger partial charge in [-0.25, -0.2) is 0 Å². The highest BCUT2D eigenvalue weighted by Gasteiger charge is 2.17. The summed E-state index contributed by atoms with van der Waals surface area (Å²) in [6, 6.07) is 7.74. The van der Waals surface area contributed by atoms with Crippen LogP contribution in [0.5, 0.6) is 0 Å². The van der Waals surface area contributed by atoms with Crippen molar-refractivity contribution in [2.45, 2.75) is 19.5 Å². The zero-order chi connectivity index (χ0) is 12.4. The van der Waals surface area contributed by atoms with Crippen molar-refractivity contribution in [2.75, 3.05) is 7.05 Å². The maximum Gasteiger partial charge on any atom is 0.320 e. The minimum atomic E-state index is -0.785. The molecule has 1 heterocycles. The molecule has 0 amide bonds. The van der Waals surface area contributed by atoms with E-state index in [0.717, 1.165) is 0 Å². The monoisotopic (exact) mass is 249 g/mol. The maximum absolute atomic E-state index is 10.9. The Bertz CT molecular complexity index is 535. The number of benzene rings is 1. The van der Waals surface area contributed by atoms with Crippen LogP contribution in [0.15, 0.2) is 29.6 Å². The van der Waals surface area contributed by atoms with Crippen LogP contribution in [0.2, 0.25) is 0 Å². The van der Waals surface area contributed by atoms with Crippen molar-refractivity contribution in [1.82, 2.24) is 4.90 Å². The van der Waals surface area contributed by atoms with E-state index in [1.165, 1.54) is 15.6 Å². The van der Waals surface area contributed by atoms with Crippen LogP contribution in [-0.4, -0.2) is 29.1 Å². The average molecular weight is 249 g/mol. The Balaban J connectivity index is 2.21. The molecule has 0 saturated carbocycles. The van der Waals surface area contributed by atoms with Gasteiger partial charge in [0.1, 0.15) is 6.04 Å². The number of fused-ring (bicyclic) bond motifs is 1. The van der Waals surface area contributed by atoms with Gasteiger partial charge in [-0.1, -0.05) is 18.2 Å². The molecule has 3 nitrogen and oxygen atoms in total. The predicted octanol–water partition coefficient (Wildman–Crippen LogP) is 2.81. The van der Waals surface area contributed by atoms with Gasteiger partial charge in [0.15, 0.2) is 0 Å². The van der Waals surface area contributed by atoms with Gasteiger partial charge in [0, 0.05) is 11.2 Å². The first-order valence-electron chi connectivity index (χ1n) is 5.47. The molecule has 90 valence electrons. The van der Waals surface area contributed by atoms with Crippen molar-refractivity contribution in [2.24, 2.45) is 0 Å². The Kier molecular flexibility index (Phi) is 3.45. The molecule has 0 aliphatic heterocycles. The van der Waals surface area contributed by atoms with Crippen molar-refractivity contribution in [3.05, 3.63) is 35.2 Å². The van der Waals surface area contributed by atoms with E-state index in [1.807, 2.05) is 24.1 Å². The molecule has 0 radical (unpaired) electrons. The van der Waals surface area contributed by atoms with E-state index in [-0.39, 0.29) is 0 Å². The van der Waals surface area contributed by atoms with Crippen LogP contribution >= 0.6 is 11.3 Å². The van der Waals surface area contributed by atoms with E-state index in [9.17, 15) is 4.79 Å². The molecule has 0 bridgehead atoms. The van der Waals surface area contributed by atoms with Gasteiger partial charge < -0.3 is 5.11 Å². The van der Waals surface area contributed by atoms with Gasteiger partial charge in [-0.15, -0.1) is 11.3 Å². The summed E-state index contributed by atoms with van der Waals surface area (Å²) in [5.41, 5.74) is 1.20. The number of nitrogens with zero attached hydrogens (tertiary/aromatic N) is 1. The highest BCUT2D eigenvalue weighted by atomic mass is 32.1. The lowest BCUT2D eigenvalue weighted by Gasteiger charge is -2.20. The number of rotatable bonds is 4. The molecule has 0 unspecified atom stereocenters. The van der Waals surface area contributed by atoms with Crippen LogP contribution in [0.25, 0.3) is 10.1 Å². The number of thiophene rings is 1. The van der Waals surface area contributed by atoms with Gasteiger partial charge in [0.05, 0.1) is 0 Å². The fourth-order valence-electron chi connectivity index (χ4n) is 1.75. The van der Waals surface area contributed by atoms with Gasteiger partial charge in [-0.2, -0.15) is 0 Å². The minimum absolute atomic E-state index is 0.464. The quantitative estimate of drug-likeness (QED) is 0.905. The first-order valence-corrected chi connectivity index (χ1v) is 6.35. The summed E-state index contributed by atoms with van der Waals surface area (Å²) in [7, 11) is 1.84. The Morgan fingerprint density at radius 2 is 2.18 bits per heavy atom. The van der Waals surface area contributed by atoms with Crippen molar-refractivity contribution in [3.8, 4) is 0 Å². The second-order valence-electron chi connectivity index (χ2n) is 4.19. The molecule has 0 saturated heterocycles. The van der Waals surface area contributed by atoms with Crippen LogP contribution in [0.4, 0.5) is 0 Å². The molecule has 2 rings (SSSR count). The molecule has 4 heteroatoms. The number of aliphatic carboxylic acids is 1. The molecule has 2 aromatic rings. The topological polar surface area (TPSA) is 40.5 Å². The van der Waals surface area contributed by atoms with E-state index in [4.69, 9.17) is 5.11 Å². The molecule has 1 aromatic heterocycles. The summed E-state index contributed by atoms with van der Waals surface area (Å²) in [6.07, 6.45) is 0. The SMILES string of the molecule is C[C@@H](C(=O)O)N(C)Cc1csc2ccccc12. The van der Waals surface area contributed by atoms with Crippen LogP contribution < -0.4 is 0 Å². The number of carboxylic acids is 1. The van der Waals surface area contributed by atoms with Crippen molar-refractivity contribution in [3.63, 3.8) is 0 Å². The van der Waals surface area contributed by atoms with Crippen molar-refractivity contribution < 1.29 is 9.90 Å². The smallest absolute Gasteiger partial charge is 0.320 e. The summed E-state index contributed by atoms with van der Waals surface area (Å²) >= 11 is 1.70. The minimum Gasteiger partial charge on any atom is -0.480 e. The molecule has 0 spiro atoms. The first-order chi connectivity index (χ1) is 8.09. The third-order valence-corrected chi connectivity index (χ3v) is 4.01. The summed E-state index contributed by atoms with van der Waals surface area (Å²) in [5.74, 6) is -0.785. The van der Waals surface area contributed by atoms with E-state index in [0.29, 0.717) is 6.54 Å². The lowest BCUT2D eigenvalue weighted by molar-refractivity contribution is -0.142. The largest absolute Gasteiger partial charge is 0.480 e. The van der Waals surface area contributed by atoms with E-state index < -0.39 is 12.0 Å². The molecular formula is C13H15NO2S. The number of likely N-dealkylation sites (N-methyl/N-ethyl adjacent to an activating group) is 1. The highest BCUT2D eigenvalue weighted by molar-refractivity contribution is 7.17. The van der Waals surface area contributed by atoms with Crippen LogP contribution in [0.1, 0.15) is 12.5 Å². The Morgan fingerprint density at radius 3 is 2.88 bits per heavy atom. The molecule has 0 fully saturated rings. The predicted molar refractivity (Wildman–Crippen MR) is 70.4 cm³/mol. The summed E-state index contributed by atoms with van der Waals surface area (Å²) in [5, 5.41) is 12.3. The molecule has 1 atom stereocenters. The Morgan fingerprint density at radius 1 is 1.47 bits per heavy atom. The van der Waals surface area contributed by atoms with Crippen LogP contribution in [0.3, 0.4) is 0 Å². The summed E-state index contributed by atoms with van der Waals surface area (Å²) < 4.78 is 1.25. The summed E-state index contributed by atoms with van der Waals surface area (Å²) in [6.45, 7) is 2.37. The van der Waals surface area contributed by atoms with Crippen molar-refractivity contribution >= 4 is 27.4 Å². The molecule has 1 aromatic carbocycles. The fraction of sp³-hybridized carbons (Fsp3) is 0.308.